The maximum absolute atomic E-state index is 11.9. The number of nitrogens with one attached hydrogen (secondary N) is 1. The molecule has 0 bridgehead atoms. The Morgan fingerprint density at radius 2 is 2.15 bits per heavy atom. The van der Waals surface area contributed by atoms with Gasteiger partial charge in [0.15, 0.2) is 5.82 Å². The lowest BCUT2D eigenvalue weighted by atomic mass is 10.2. The average Bonchev–Trinajstić information content (AvgIpc) is 2.77. The number of thioether (sulfide) groups is 1. The van der Waals surface area contributed by atoms with Crippen LogP contribution in [0.1, 0.15) is 11.1 Å². The Morgan fingerprint density at radius 1 is 1.40 bits per heavy atom. The van der Waals surface area contributed by atoms with E-state index in [1.807, 2.05) is 20.9 Å². The summed E-state index contributed by atoms with van der Waals surface area (Å²) in [6.07, 6.45) is 1.80. The summed E-state index contributed by atoms with van der Waals surface area (Å²) < 4.78 is 2.75. The number of halogens is 1. The Kier molecular flexibility index (Phi) is 4.88. The second kappa shape index (κ2) is 6.45. The van der Waals surface area contributed by atoms with Gasteiger partial charge in [-0.05, 0) is 37.1 Å². The fourth-order valence-electron chi connectivity index (χ4n) is 1.71. The summed E-state index contributed by atoms with van der Waals surface area (Å²) in [5, 5.41) is 6.90. The number of carbonyl (C=O) groups is 1. The molecule has 1 amide bonds. The van der Waals surface area contributed by atoms with Gasteiger partial charge in [0.1, 0.15) is 0 Å². The molecule has 0 saturated heterocycles. The molecule has 4 nitrogen and oxygen atoms in total. The second-order valence-electron chi connectivity index (χ2n) is 4.58. The normalized spacial score (nSPS) is 10.6. The highest BCUT2D eigenvalue weighted by molar-refractivity contribution is 9.10. The predicted octanol–water partition coefficient (Wildman–Crippen LogP) is 3.53. The molecule has 0 radical (unpaired) electrons. The monoisotopic (exact) mass is 353 g/mol. The van der Waals surface area contributed by atoms with Crippen LogP contribution in [0, 0.1) is 13.8 Å². The summed E-state index contributed by atoms with van der Waals surface area (Å²) in [5.74, 6) is 0.911. The third-order valence-electron chi connectivity index (χ3n) is 2.80. The predicted molar refractivity (Wildman–Crippen MR) is 86.2 cm³/mol. The molecule has 1 heterocycles. The second-order valence-corrected chi connectivity index (χ2v) is 6.45. The molecular formula is C14H16BrN3OS. The van der Waals surface area contributed by atoms with Crippen molar-refractivity contribution in [3.8, 4) is 0 Å². The summed E-state index contributed by atoms with van der Waals surface area (Å²) in [5.41, 5.74) is 2.33. The van der Waals surface area contributed by atoms with E-state index in [-0.39, 0.29) is 5.91 Å². The van der Waals surface area contributed by atoms with E-state index in [0.29, 0.717) is 11.6 Å². The number of anilines is 1. The number of carbonyl (C=O) groups excluding carboxylic acids is 1. The van der Waals surface area contributed by atoms with Crippen LogP contribution in [0.25, 0.3) is 0 Å². The molecule has 6 heteroatoms. The molecule has 0 aliphatic carbocycles. The minimum absolute atomic E-state index is 0.0475. The number of hydrogen-bond acceptors (Lipinski definition) is 3. The van der Waals surface area contributed by atoms with Crippen molar-refractivity contribution in [1.29, 1.82) is 0 Å². The Labute approximate surface area is 131 Å². The molecule has 0 fully saturated rings. The third-order valence-corrected chi connectivity index (χ3v) is 4.81. The number of hydrogen-bond donors (Lipinski definition) is 1. The lowest BCUT2D eigenvalue weighted by Gasteiger charge is -2.08. The van der Waals surface area contributed by atoms with Crippen LogP contribution in [0.3, 0.4) is 0 Å². The number of nitrogens with zero attached hydrogens (tertiary/aromatic N) is 2. The molecule has 2 aromatic rings. The Hall–Kier alpha value is -1.27. The zero-order chi connectivity index (χ0) is 14.7. The van der Waals surface area contributed by atoms with Gasteiger partial charge in [0.05, 0.1) is 5.75 Å². The topological polar surface area (TPSA) is 46.9 Å². The number of aromatic nitrogens is 2. The van der Waals surface area contributed by atoms with Gasteiger partial charge >= 0.3 is 0 Å². The Bertz CT molecular complexity index is 639. The smallest absolute Gasteiger partial charge is 0.235 e. The third kappa shape index (κ3) is 3.86. The SMILES string of the molecule is Cc1cc(SCC(=O)Nc2ccn(C)n2)c(C)cc1Br. The van der Waals surface area contributed by atoms with Gasteiger partial charge in [-0.15, -0.1) is 11.8 Å². The van der Waals surface area contributed by atoms with Crippen LogP contribution in [-0.4, -0.2) is 21.4 Å². The molecule has 20 heavy (non-hydrogen) atoms. The zero-order valence-electron chi connectivity index (χ0n) is 11.6. The van der Waals surface area contributed by atoms with Gasteiger partial charge in [-0.2, -0.15) is 5.10 Å². The number of rotatable bonds is 4. The Morgan fingerprint density at radius 3 is 2.80 bits per heavy atom. The Balaban J connectivity index is 1.95. The largest absolute Gasteiger partial charge is 0.308 e. The van der Waals surface area contributed by atoms with Crippen molar-refractivity contribution in [3.05, 3.63) is 40.0 Å². The fraction of sp³-hybridized carbons (Fsp3) is 0.286. The molecule has 0 aliphatic heterocycles. The van der Waals surface area contributed by atoms with Crippen LogP contribution in [-0.2, 0) is 11.8 Å². The van der Waals surface area contributed by atoms with Crippen molar-refractivity contribution in [2.75, 3.05) is 11.1 Å². The van der Waals surface area contributed by atoms with Crippen LogP contribution in [0.4, 0.5) is 5.82 Å². The number of aryl methyl sites for hydroxylation is 3. The summed E-state index contributed by atoms with van der Waals surface area (Å²) in [4.78, 5) is 13.0. The first-order chi connectivity index (χ1) is 9.45. The van der Waals surface area contributed by atoms with Crippen LogP contribution in [0.2, 0.25) is 0 Å². The first kappa shape index (κ1) is 15.1. The average molecular weight is 354 g/mol. The molecule has 1 aromatic carbocycles. The summed E-state index contributed by atoms with van der Waals surface area (Å²) in [7, 11) is 1.82. The van der Waals surface area contributed by atoms with Crippen molar-refractivity contribution in [3.63, 3.8) is 0 Å². The minimum atomic E-state index is -0.0475. The molecule has 0 atom stereocenters. The lowest BCUT2D eigenvalue weighted by molar-refractivity contribution is -0.113. The van der Waals surface area contributed by atoms with Crippen molar-refractivity contribution >= 4 is 39.4 Å². The molecule has 2 rings (SSSR count). The van der Waals surface area contributed by atoms with Gasteiger partial charge in [0.2, 0.25) is 5.91 Å². The molecule has 1 N–H and O–H groups in total. The molecule has 0 spiro atoms. The highest BCUT2D eigenvalue weighted by Crippen LogP contribution is 2.28. The van der Waals surface area contributed by atoms with E-state index >= 15 is 0 Å². The summed E-state index contributed by atoms with van der Waals surface area (Å²) in [6.45, 7) is 4.09. The highest BCUT2D eigenvalue weighted by atomic mass is 79.9. The summed E-state index contributed by atoms with van der Waals surface area (Å²) >= 11 is 5.04. The van der Waals surface area contributed by atoms with E-state index in [0.717, 1.165) is 14.9 Å². The molecule has 0 saturated carbocycles. The first-order valence-corrected chi connectivity index (χ1v) is 7.92. The maximum Gasteiger partial charge on any atom is 0.235 e. The van der Waals surface area contributed by atoms with Crippen molar-refractivity contribution in [2.24, 2.45) is 7.05 Å². The van der Waals surface area contributed by atoms with Crippen molar-refractivity contribution in [2.45, 2.75) is 18.7 Å². The number of amides is 1. The fourth-order valence-corrected chi connectivity index (χ4v) is 3.08. The number of benzene rings is 1. The molecule has 106 valence electrons. The quantitative estimate of drug-likeness (QED) is 0.855. The van der Waals surface area contributed by atoms with Gasteiger partial charge in [-0.1, -0.05) is 15.9 Å². The van der Waals surface area contributed by atoms with Crippen molar-refractivity contribution < 1.29 is 4.79 Å². The zero-order valence-corrected chi connectivity index (χ0v) is 14.0. The van der Waals surface area contributed by atoms with E-state index in [9.17, 15) is 4.79 Å². The van der Waals surface area contributed by atoms with Crippen molar-refractivity contribution in [1.82, 2.24) is 9.78 Å². The van der Waals surface area contributed by atoms with Crippen LogP contribution in [0.15, 0.2) is 33.8 Å². The lowest BCUT2D eigenvalue weighted by Crippen LogP contribution is -2.14. The van der Waals surface area contributed by atoms with Crippen LogP contribution < -0.4 is 5.32 Å². The van der Waals surface area contributed by atoms with E-state index in [4.69, 9.17) is 0 Å². The molecule has 0 unspecified atom stereocenters. The van der Waals surface area contributed by atoms with Gasteiger partial charge in [0, 0.05) is 28.7 Å². The van der Waals surface area contributed by atoms with Gasteiger partial charge in [0.25, 0.3) is 0 Å². The van der Waals surface area contributed by atoms with Crippen LogP contribution in [0.5, 0.6) is 0 Å². The highest BCUT2D eigenvalue weighted by Gasteiger charge is 2.08. The summed E-state index contributed by atoms with van der Waals surface area (Å²) in [6, 6.07) is 5.95. The molecule has 0 aliphatic rings. The van der Waals surface area contributed by atoms with E-state index < -0.39 is 0 Å². The standard InChI is InChI=1S/C14H16BrN3OS/c1-9-7-12(10(2)6-11(9)15)20-8-14(19)16-13-4-5-18(3)17-13/h4-7H,8H2,1-3H3,(H,16,17,19). The van der Waals surface area contributed by atoms with Crippen LogP contribution >= 0.6 is 27.7 Å². The van der Waals surface area contributed by atoms with Gasteiger partial charge < -0.3 is 5.32 Å². The van der Waals surface area contributed by atoms with E-state index in [2.05, 4.69) is 38.5 Å². The molecule has 1 aromatic heterocycles. The molecular weight excluding hydrogens is 338 g/mol. The van der Waals surface area contributed by atoms with Gasteiger partial charge in [-0.3, -0.25) is 9.48 Å². The van der Waals surface area contributed by atoms with E-state index in [1.54, 1.807) is 16.9 Å². The maximum atomic E-state index is 11.9. The first-order valence-electron chi connectivity index (χ1n) is 6.15. The van der Waals surface area contributed by atoms with Gasteiger partial charge in [-0.25, -0.2) is 0 Å². The van der Waals surface area contributed by atoms with E-state index in [1.165, 1.54) is 17.3 Å². The minimum Gasteiger partial charge on any atom is -0.308 e.